The molecule has 0 unspecified atom stereocenters. The zero-order chi connectivity index (χ0) is 20.8. The van der Waals surface area contributed by atoms with E-state index in [1.54, 1.807) is 0 Å². The van der Waals surface area contributed by atoms with Crippen LogP contribution in [0.25, 0.3) is 11.3 Å². The Morgan fingerprint density at radius 1 is 0.833 bits per heavy atom. The molecule has 1 aliphatic rings. The van der Waals surface area contributed by atoms with Crippen molar-refractivity contribution in [2.75, 3.05) is 28.6 Å². The summed E-state index contributed by atoms with van der Waals surface area (Å²) in [4.78, 5) is 14.5. The van der Waals surface area contributed by atoms with Gasteiger partial charge in [-0.05, 0) is 67.6 Å². The molecule has 0 saturated carbocycles. The molecule has 4 rings (SSSR count). The second-order valence-corrected chi connectivity index (χ2v) is 7.53. The number of hydrogen-bond donors (Lipinski definition) is 2. The Morgan fingerprint density at radius 3 is 2.03 bits per heavy atom. The van der Waals surface area contributed by atoms with Crippen molar-refractivity contribution in [3.8, 4) is 11.3 Å². The van der Waals surface area contributed by atoms with Gasteiger partial charge in [-0.25, -0.2) is 4.79 Å². The highest BCUT2D eigenvalue weighted by Gasteiger charge is 2.12. The summed E-state index contributed by atoms with van der Waals surface area (Å²) in [7, 11) is 0. The lowest BCUT2D eigenvalue weighted by atomic mass is 10.1. The van der Waals surface area contributed by atoms with Crippen LogP contribution in [0.1, 0.15) is 31.7 Å². The molecule has 3 aromatic rings. The standard InChI is InChI=1S/C24H27N5O/c1-2-18-6-10-20(11-7-18)25-24(30)26-21-12-8-19(9-13-21)22-14-15-23(28-27-22)29-16-4-3-5-17-29/h6-15H,2-5,16-17H2,1H3,(H2,25,26,30). The summed E-state index contributed by atoms with van der Waals surface area (Å²) in [6.07, 6.45) is 4.71. The Labute approximate surface area is 177 Å². The van der Waals surface area contributed by atoms with Gasteiger partial charge in [-0.2, -0.15) is 0 Å². The Hall–Kier alpha value is -3.41. The number of urea groups is 1. The maximum Gasteiger partial charge on any atom is 0.323 e. The largest absolute Gasteiger partial charge is 0.355 e. The Bertz CT molecular complexity index is 962. The van der Waals surface area contributed by atoms with Gasteiger partial charge in [0.25, 0.3) is 0 Å². The molecule has 1 saturated heterocycles. The van der Waals surface area contributed by atoms with E-state index in [1.165, 1.54) is 24.8 Å². The van der Waals surface area contributed by atoms with Crippen molar-refractivity contribution in [3.63, 3.8) is 0 Å². The number of carbonyl (C=O) groups excluding carboxylic acids is 1. The van der Waals surface area contributed by atoms with Crippen molar-refractivity contribution in [2.45, 2.75) is 32.6 Å². The minimum atomic E-state index is -0.266. The molecule has 30 heavy (non-hydrogen) atoms. The first-order valence-electron chi connectivity index (χ1n) is 10.6. The van der Waals surface area contributed by atoms with Gasteiger partial charge >= 0.3 is 6.03 Å². The van der Waals surface area contributed by atoms with E-state index in [2.05, 4.69) is 32.7 Å². The maximum absolute atomic E-state index is 12.2. The molecule has 6 nitrogen and oxygen atoms in total. The number of rotatable bonds is 5. The minimum Gasteiger partial charge on any atom is -0.355 e. The highest BCUT2D eigenvalue weighted by atomic mass is 16.2. The number of benzene rings is 2. The smallest absolute Gasteiger partial charge is 0.323 e. The number of nitrogens with one attached hydrogen (secondary N) is 2. The summed E-state index contributed by atoms with van der Waals surface area (Å²) < 4.78 is 0. The molecule has 0 aliphatic carbocycles. The predicted molar refractivity (Wildman–Crippen MR) is 122 cm³/mol. The van der Waals surface area contributed by atoms with Crippen LogP contribution < -0.4 is 15.5 Å². The molecule has 1 aliphatic heterocycles. The molecule has 1 aromatic heterocycles. The third kappa shape index (κ3) is 4.95. The van der Waals surface area contributed by atoms with Crippen molar-refractivity contribution in [2.24, 2.45) is 0 Å². The number of nitrogens with zero attached hydrogens (tertiary/aromatic N) is 3. The zero-order valence-corrected chi connectivity index (χ0v) is 17.3. The maximum atomic E-state index is 12.2. The average molecular weight is 402 g/mol. The molecule has 1 fully saturated rings. The van der Waals surface area contributed by atoms with Crippen LogP contribution >= 0.6 is 0 Å². The van der Waals surface area contributed by atoms with Gasteiger partial charge in [0.05, 0.1) is 5.69 Å². The van der Waals surface area contributed by atoms with Gasteiger partial charge in [-0.3, -0.25) is 0 Å². The fourth-order valence-corrected chi connectivity index (χ4v) is 3.61. The first-order valence-corrected chi connectivity index (χ1v) is 10.6. The number of aryl methyl sites for hydroxylation is 1. The monoisotopic (exact) mass is 401 g/mol. The van der Waals surface area contributed by atoms with E-state index in [9.17, 15) is 4.79 Å². The summed E-state index contributed by atoms with van der Waals surface area (Å²) in [5.74, 6) is 0.945. The molecular weight excluding hydrogens is 374 g/mol. The minimum absolute atomic E-state index is 0.266. The van der Waals surface area contributed by atoms with Crippen LogP contribution in [0.4, 0.5) is 22.0 Å². The summed E-state index contributed by atoms with van der Waals surface area (Å²) in [6, 6.07) is 19.3. The normalized spacial score (nSPS) is 13.7. The third-order valence-corrected chi connectivity index (χ3v) is 5.39. The highest BCUT2D eigenvalue weighted by Crippen LogP contribution is 2.22. The number of amides is 2. The number of carbonyl (C=O) groups is 1. The molecular formula is C24H27N5O. The van der Waals surface area contributed by atoms with Gasteiger partial charge in [-0.15, -0.1) is 10.2 Å². The molecule has 0 atom stereocenters. The van der Waals surface area contributed by atoms with Crippen molar-refractivity contribution >= 4 is 23.2 Å². The molecule has 2 heterocycles. The second kappa shape index (κ2) is 9.39. The van der Waals surface area contributed by atoms with Gasteiger partial charge in [0.1, 0.15) is 0 Å². The predicted octanol–water partition coefficient (Wildman–Crippen LogP) is 5.34. The van der Waals surface area contributed by atoms with E-state index in [4.69, 9.17) is 0 Å². The van der Waals surface area contributed by atoms with E-state index in [0.29, 0.717) is 0 Å². The van der Waals surface area contributed by atoms with Gasteiger partial charge in [-0.1, -0.05) is 31.2 Å². The first kappa shape index (κ1) is 19.9. The second-order valence-electron chi connectivity index (χ2n) is 7.53. The van der Waals surface area contributed by atoms with Crippen LogP contribution in [-0.4, -0.2) is 29.3 Å². The van der Waals surface area contributed by atoms with Crippen molar-refractivity contribution in [1.29, 1.82) is 0 Å². The SMILES string of the molecule is CCc1ccc(NC(=O)Nc2ccc(-c3ccc(N4CCCCC4)nn3)cc2)cc1. The van der Waals surface area contributed by atoms with Crippen molar-refractivity contribution in [3.05, 3.63) is 66.2 Å². The molecule has 0 bridgehead atoms. The lowest BCUT2D eigenvalue weighted by Crippen LogP contribution is -2.30. The first-order chi connectivity index (χ1) is 14.7. The summed E-state index contributed by atoms with van der Waals surface area (Å²) in [5.41, 5.74) is 4.52. The Balaban J connectivity index is 1.35. The van der Waals surface area contributed by atoms with Crippen LogP contribution in [0.2, 0.25) is 0 Å². The quantitative estimate of drug-likeness (QED) is 0.605. The summed E-state index contributed by atoms with van der Waals surface area (Å²) in [6.45, 7) is 4.21. The van der Waals surface area contributed by atoms with Crippen molar-refractivity contribution in [1.82, 2.24) is 10.2 Å². The fraction of sp³-hybridized carbons (Fsp3) is 0.292. The lowest BCUT2D eigenvalue weighted by Gasteiger charge is -2.27. The fourth-order valence-electron chi connectivity index (χ4n) is 3.61. The van der Waals surface area contributed by atoms with Gasteiger partial charge in [0.2, 0.25) is 0 Å². The summed E-state index contributed by atoms with van der Waals surface area (Å²) >= 11 is 0. The van der Waals surface area contributed by atoms with E-state index >= 15 is 0 Å². The number of anilines is 3. The summed E-state index contributed by atoms with van der Waals surface area (Å²) in [5, 5.41) is 14.5. The number of aromatic nitrogens is 2. The molecule has 6 heteroatoms. The number of hydrogen-bond acceptors (Lipinski definition) is 4. The van der Waals surface area contributed by atoms with Crippen LogP contribution in [-0.2, 0) is 6.42 Å². The topological polar surface area (TPSA) is 70.2 Å². The zero-order valence-electron chi connectivity index (χ0n) is 17.3. The average Bonchev–Trinajstić information content (AvgIpc) is 2.81. The lowest BCUT2D eigenvalue weighted by molar-refractivity contribution is 0.262. The van der Waals surface area contributed by atoms with Crippen molar-refractivity contribution < 1.29 is 4.79 Å². The molecule has 2 N–H and O–H groups in total. The molecule has 0 radical (unpaired) electrons. The molecule has 154 valence electrons. The van der Waals surface area contributed by atoms with E-state index in [-0.39, 0.29) is 6.03 Å². The van der Waals surface area contributed by atoms with E-state index in [0.717, 1.165) is 48.0 Å². The van der Waals surface area contributed by atoms with Gasteiger partial charge in [0.15, 0.2) is 5.82 Å². The highest BCUT2D eigenvalue weighted by molar-refractivity contribution is 5.99. The Kier molecular flexibility index (Phi) is 6.23. The van der Waals surface area contributed by atoms with Crippen LogP contribution in [0.3, 0.4) is 0 Å². The van der Waals surface area contributed by atoms with Gasteiger partial charge in [0, 0.05) is 30.0 Å². The van der Waals surface area contributed by atoms with Crippen LogP contribution in [0.5, 0.6) is 0 Å². The third-order valence-electron chi connectivity index (χ3n) is 5.39. The van der Waals surface area contributed by atoms with E-state index < -0.39 is 0 Å². The Morgan fingerprint density at radius 2 is 1.47 bits per heavy atom. The number of piperidine rings is 1. The van der Waals surface area contributed by atoms with Crippen LogP contribution in [0.15, 0.2) is 60.7 Å². The molecule has 0 spiro atoms. The van der Waals surface area contributed by atoms with Gasteiger partial charge < -0.3 is 15.5 Å². The van der Waals surface area contributed by atoms with E-state index in [1.807, 2.05) is 60.7 Å². The van der Waals surface area contributed by atoms with Crippen LogP contribution in [0, 0.1) is 0 Å². The molecule has 2 aromatic carbocycles. The molecule has 2 amide bonds.